The molecule has 5 rings (SSSR count). The number of benzene rings is 1. The number of piperidine rings is 3. The molecule has 0 amide bonds. The van der Waals surface area contributed by atoms with E-state index in [1.165, 1.54) is 6.42 Å². The van der Waals surface area contributed by atoms with Gasteiger partial charge in [-0.1, -0.05) is 6.08 Å². The highest BCUT2D eigenvalue weighted by molar-refractivity contribution is 5.84. The molecule has 10 nitrogen and oxygen atoms in total. The zero-order chi connectivity index (χ0) is 26.4. The number of methoxy groups -OCH3 is 1. The number of hydrogen-bond donors (Lipinski definition) is 6. The number of carbonyl (C=O) groups excluding carboxylic acids is 1. The van der Waals surface area contributed by atoms with E-state index >= 15 is 0 Å². The average molecular weight is 505 g/mol. The Morgan fingerprint density at radius 3 is 2.53 bits per heavy atom. The van der Waals surface area contributed by atoms with Gasteiger partial charge in [0.05, 0.1) is 25.3 Å². The molecule has 3 aliphatic rings. The first-order valence-corrected chi connectivity index (χ1v) is 12.0. The second-order valence-electron chi connectivity index (χ2n) is 9.33. The molecule has 10 heteroatoms. The maximum atomic E-state index is 11.2. The minimum absolute atomic E-state index is 0.0258. The van der Waals surface area contributed by atoms with Crippen LogP contribution in [0.5, 0.6) is 5.75 Å². The van der Waals surface area contributed by atoms with E-state index in [1.807, 2.05) is 24.3 Å². The number of aliphatic hydroxyl groups is 6. The average Bonchev–Trinajstić information content (AvgIpc) is 2.94. The van der Waals surface area contributed by atoms with Gasteiger partial charge >= 0.3 is 0 Å². The molecule has 0 aliphatic carbocycles. The lowest BCUT2D eigenvalue weighted by Gasteiger charge is -2.50. The van der Waals surface area contributed by atoms with Crippen molar-refractivity contribution in [1.82, 2.24) is 9.88 Å². The van der Waals surface area contributed by atoms with Crippen LogP contribution in [0.2, 0.25) is 0 Å². The number of nitrogens with zero attached hydrogens (tertiary/aromatic N) is 2. The molecule has 1 aromatic carbocycles. The molecule has 0 spiro atoms. The van der Waals surface area contributed by atoms with E-state index in [4.69, 9.17) is 30.3 Å². The molecule has 0 saturated carbocycles. The summed E-state index contributed by atoms with van der Waals surface area (Å²) in [6.45, 7) is 5.31. The third-order valence-corrected chi connectivity index (χ3v) is 7.24. The predicted octanol–water partition coefficient (Wildman–Crippen LogP) is -0.206. The van der Waals surface area contributed by atoms with Crippen LogP contribution in [-0.4, -0.2) is 104 Å². The smallest absolute Gasteiger partial charge is 0.151 e. The summed E-state index contributed by atoms with van der Waals surface area (Å²) >= 11 is 0. The highest BCUT2D eigenvalue weighted by atomic mass is 16.5. The number of fused-ring (bicyclic) bond motifs is 4. The molecule has 2 aromatic rings. The molecule has 0 radical (unpaired) electrons. The van der Waals surface area contributed by atoms with Crippen LogP contribution < -0.4 is 4.74 Å². The van der Waals surface area contributed by atoms with Gasteiger partial charge in [0, 0.05) is 24.2 Å². The molecule has 2 bridgehead atoms. The van der Waals surface area contributed by atoms with Crippen molar-refractivity contribution in [2.75, 3.05) is 26.8 Å². The minimum Gasteiger partial charge on any atom is -0.497 e. The fraction of sp³-hybridized carbons (Fsp3) is 0.538. The molecule has 1 aromatic heterocycles. The highest BCUT2D eigenvalue weighted by Gasteiger charge is 2.42. The van der Waals surface area contributed by atoms with Gasteiger partial charge in [0.1, 0.15) is 30.2 Å². The van der Waals surface area contributed by atoms with E-state index in [1.54, 1.807) is 13.3 Å². The molecule has 9 atom stereocenters. The van der Waals surface area contributed by atoms with Gasteiger partial charge < -0.3 is 40.2 Å². The zero-order valence-electron chi connectivity index (χ0n) is 20.3. The fourth-order valence-electron chi connectivity index (χ4n) is 5.06. The van der Waals surface area contributed by atoms with Crippen LogP contribution in [0, 0.1) is 11.8 Å². The number of aromatic nitrogens is 1. The van der Waals surface area contributed by atoms with E-state index < -0.39 is 37.1 Å². The van der Waals surface area contributed by atoms with Gasteiger partial charge in [-0.05, 0) is 61.1 Å². The van der Waals surface area contributed by atoms with Crippen molar-refractivity contribution < 1.29 is 40.2 Å². The quantitative estimate of drug-likeness (QED) is 0.199. The maximum absolute atomic E-state index is 11.2. The molecule has 3 fully saturated rings. The summed E-state index contributed by atoms with van der Waals surface area (Å²) in [6, 6.07) is 7.96. The number of pyridine rings is 1. The normalized spacial score (nSPS) is 27.2. The van der Waals surface area contributed by atoms with Crippen molar-refractivity contribution in [3.63, 3.8) is 0 Å². The topological polar surface area (TPSA) is 164 Å². The lowest BCUT2D eigenvalue weighted by Crippen LogP contribution is -2.54. The number of aldehydes is 1. The van der Waals surface area contributed by atoms with Crippen LogP contribution in [-0.2, 0) is 4.79 Å². The monoisotopic (exact) mass is 504 g/mol. The first-order valence-electron chi connectivity index (χ1n) is 12.0. The first-order chi connectivity index (χ1) is 17.2. The second kappa shape index (κ2) is 12.7. The Hall–Kier alpha value is -2.44. The second-order valence-corrected chi connectivity index (χ2v) is 9.33. The standard InChI is InChI=1S/C20H24N2O2.C6H12O6/c1-3-13-12-22-9-7-14(13)10-19(22)20(23)16-6-8-21-18-5-4-15(24-2)11-17(16)18;7-1-3(9)5(11)6(12)4(10)2-8/h3-6,8,11,13-14,19-20,23H,1,7,9-10,12H2,2H3;1,3-6,8-12H,2H2/t13-,14+,19+,20-;3-,4+,5+,6+/m00/s1. The van der Waals surface area contributed by atoms with Crippen LogP contribution in [0.3, 0.4) is 0 Å². The van der Waals surface area contributed by atoms with Crippen molar-refractivity contribution in [1.29, 1.82) is 0 Å². The third-order valence-electron chi connectivity index (χ3n) is 7.24. The van der Waals surface area contributed by atoms with Gasteiger partial charge in [0.2, 0.25) is 0 Å². The van der Waals surface area contributed by atoms with Crippen molar-refractivity contribution in [3.05, 3.63) is 48.7 Å². The Morgan fingerprint density at radius 2 is 1.94 bits per heavy atom. The fourth-order valence-corrected chi connectivity index (χ4v) is 5.06. The number of carbonyl (C=O) groups is 1. The summed E-state index contributed by atoms with van der Waals surface area (Å²) in [7, 11) is 1.66. The van der Waals surface area contributed by atoms with Crippen molar-refractivity contribution in [2.24, 2.45) is 11.8 Å². The summed E-state index contributed by atoms with van der Waals surface area (Å²) in [5.41, 5.74) is 1.85. The molecule has 3 saturated heterocycles. The SMILES string of the molecule is C=C[C@H]1CN2CC[C@@H]1C[C@@H]2[C@@H](O)c1ccnc2ccc(OC)cc12.O=C[C@H](O)[C@@H](O)[C@H](O)[C@H](O)CO. The van der Waals surface area contributed by atoms with Gasteiger partial charge in [-0.3, -0.25) is 9.88 Å². The van der Waals surface area contributed by atoms with Gasteiger partial charge in [0.25, 0.3) is 0 Å². The van der Waals surface area contributed by atoms with Crippen LogP contribution in [0.4, 0.5) is 0 Å². The maximum Gasteiger partial charge on any atom is 0.151 e. The summed E-state index contributed by atoms with van der Waals surface area (Å²) in [5.74, 6) is 2.01. The van der Waals surface area contributed by atoms with E-state index in [2.05, 4.69) is 22.5 Å². The summed E-state index contributed by atoms with van der Waals surface area (Å²) < 4.78 is 5.35. The lowest BCUT2D eigenvalue weighted by molar-refractivity contribution is -0.136. The molecule has 6 N–H and O–H groups in total. The molecular weight excluding hydrogens is 468 g/mol. The summed E-state index contributed by atoms with van der Waals surface area (Å²) in [4.78, 5) is 16.8. The van der Waals surface area contributed by atoms with E-state index in [-0.39, 0.29) is 12.3 Å². The van der Waals surface area contributed by atoms with Crippen molar-refractivity contribution >= 4 is 17.2 Å². The minimum atomic E-state index is -1.79. The number of rotatable bonds is 9. The first kappa shape index (κ1) is 28.1. The zero-order valence-corrected chi connectivity index (χ0v) is 20.3. The molecule has 3 aliphatic heterocycles. The Balaban J connectivity index is 0.000000257. The van der Waals surface area contributed by atoms with Gasteiger partial charge in [-0.2, -0.15) is 0 Å². The van der Waals surface area contributed by atoms with Crippen LogP contribution >= 0.6 is 0 Å². The number of hydrogen-bond acceptors (Lipinski definition) is 10. The van der Waals surface area contributed by atoms with Gasteiger partial charge in [0.15, 0.2) is 6.29 Å². The molecule has 4 heterocycles. The van der Waals surface area contributed by atoms with E-state index in [0.717, 1.165) is 41.7 Å². The Labute approximate surface area is 210 Å². The highest BCUT2D eigenvalue weighted by Crippen LogP contribution is 2.42. The summed E-state index contributed by atoms with van der Waals surface area (Å²) in [5, 5.41) is 55.7. The largest absolute Gasteiger partial charge is 0.497 e. The van der Waals surface area contributed by atoms with E-state index in [0.29, 0.717) is 11.8 Å². The van der Waals surface area contributed by atoms with Gasteiger partial charge in [-0.25, -0.2) is 0 Å². The Bertz CT molecular complexity index is 1020. The van der Waals surface area contributed by atoms with Crippen LogP contribution in [0.15, 0.2) is 43.1 Å². The lowest BCUT2D eigenvalue weighted by atomic mass is 9.73. The predicted molar refractivity (Wildman–Crippen MR) is 132 cm³/mol. The molecular formula is C26H36N2O8. The van der Waals surface area contributed by atoms with Crippen molar-refractivity contribution in [2.45, 2.75) is 49.4 Å². The number of aliphatic hydroxyl groups excluding tert-OH is 6. The molecule has 1 unspecified atom stereocenters. The molecule has 36 heavy (non-hydrogen) atoms. The third kappa shape index (κ3) is 6.09. The Morgan fingerprint density at radius 1 is 1.19 bits per heavy atom. The van der Waals surface area contributed by atoms with E-state index in [9.17, 15) is 9.90 Å². The Kier molecular flexibility index (Phi) is 9.92. The van der Waals surface area contributed by atoms with Crippen LogP contribution in [0.1, 0.15) is 24.5 Å². The van der Waals surface area contributed by atoms with Crippen molar-refractivity contribution in [3.8, 4) is 5.75 Å². The van der Waals surface area contributed by atoms with Gasteiger partial charge in [-0.15, -0.1) is 6.58 Å². The summed E-state index contributed by atoms with van der Waals surface area (Å²) in [6.07, 6.45) is -1.22. The van der Waals surface area contributed by atoms with Crippen LogP contribution in [0.25, 0.3) is 10.9 Å². The number of ether oxygens (including phenoxy) is 1. The molecule has 198 valence electrons.